The van der Waals surface area contributed by atoms with Gasteiger partial charge in [0.15, 0.2) is 0 Å². The number of amides is 2. The van der Waals surface area contributed by atoms with E-state index in [4.69, 9.17) is 9.47 Å². The second-order valence-corrected chi connectivity index (χ2v) is 7.54. The topological polar surface area (TPSA) is 84.9 Å². The first-order chi connectivity index (χ1) is 14.0. The van der Waals surface area contributed by atoms with Gasteiger partial charge in [-0.1, -0.05) is 31.5 Å². The zero-order chi connectivity index (χ0) is 21.0. The SMILES string of the molecule is CC[C@H]1CN(CCC2C(=O)Nc3ccccc32)C(=O)C[C@@H]1/C(=C\OC)C(=O)OC. The fraction of sp³-hybridized carbons (Fsp3) is 0.500. The van der Waals surface area contributed by atoms with Crippen LogP contribution in [0.1, 0.15) is 37.7 Å². The Hall–Kier alpha value is -2.83. The number of nitrogens with zero attached hydrogens (tertiary/aromatic N) is 1. The molecule has 7 heteroatoms. The molecule has 3 atom stereocenters. The number of fused-ring (bicyclic) bond motifs is 1. The van der Waals surface area contributed by atoms with E-state index in [1.807, 2.05) is 36.1 Å². The Morgan fingerprint density at radius 1 is 1.28 bits per heavy atom. The number of esters is 1. The van der Waals surface area contributed by atoms with Crippen molar-refractivity contribution in [1.82, 2.24) is 4.90 Å². The van der Waals surface area contributed by atoms with Gasteiger partial charge in [0.1, 0.15) is 0 Å². The van der Waals surface area contributed by atoms with E-state index in [-0.39, 0.29) is 36.0 Å². The molecule has 0 spiro atoms. The lowest BCUT2D eigenvalue weighted by Crippen LogP contribution is -2.46. The maximum Gasteiger partial charge on any atom is 0.337 e. The fourth-order valence-corrected chi connectivity index (χ4v) is 4.37. The molecule has 1 aromatic rings. The summed E-state index contributed by atoms with van der Waals surface area (Å²) in [5, 5.41) is 2.91. The van der Waals surface area contributed by atoms with Gasteiger partial charge in [0.25, 0.3) is 0 Å². The van der Waals surface area contributed by atoms with Crippen molar-refractivity contribution in [3.8, 4) is 0 Å². The van der Waals surface area contributed by atoms with E-state index in [2.05, 4.69) is 5.32 Å². The normalized spacial score (nSPS) is 24.2. The molecule has 1 N–H and O–H groups in total. The van der Waals surface area contributed by atoms with Crippen molar-refractivity contribution in [2.75, 3.05) is 32.6 Å². The highest BCUT2D eigenvalue weighted by Gasteiger charge is 2.39. The van der Waals surface area contributed by atoms with E-state index in [9.17, 15) is 14.4 Å². The Bertz CT molecular complexity index is 819. The minimum Gasteiger partial charge on any atom is -0.504 e. The molecule has 1 saturated heterocycles. The number of ether oxygens (including phenoxy) is 2. The van der Waals surface area contributed by atoms with Gasteiger partial charge in [0.2, 0.25) is 11.8 Å². The Kier molecular flexibility index (Phi) is 6.56. The van der Waals surface area contributed by atoms with E-state index in [0.717, 1.165) is 17.7 Å². The molecule has 0 aliphatic carbocycles. The molecule has 2 aliphatic rings. The number of methoxy groups -OCH3 is 2. The lowest BCUT2D eigenvalue weighted by atomic mass is 9.78. The summed E-state index contributed by atoms with van der Waals surface area (Å²) in [4.78, 5) is 39.1. The summed E-state index contributed by atoms with van der Waals surface area (Å²) >= 11 is 0. The fourth-order valence-electron chi connectivity index (χ4n) is 4.37. The van der Waals surface area contributed by atoms with Crippen LogP contribution < -0.4 is 5.32 Å². The maximum absolute atomic E-state index is 12.8. The molecular weight excluding hydrogens is 372 g/mol. The second-order valence-electron chi connectivity index (χ2n) is 7.54. The molecule has 1 fully saturated rings. The third kappa shape index (κ3) is 4.28. The first-order valence-electron chi connectivity index (χ1n) is 9.98. The van der Waals surface area contributed by atoms with Crippen LogP contribution in [0.25, 0.3) is 0 Å². The molecule has 3 rings (SSSR count). The zero-order valence-corrected chi connectivity index (χ0v) is 17.1. The summed E-state index contributed by atoms with van der Waals surface area (Å²) in [6.07, 6.45) is 3.02. The van der Waals surface area contributed by atoms with E-state index < -0.39 is 5.97 Å². The van der Waals surface area contributed by atoms with E-state index in [0.29, 0.717) is 25.1 Å². The summed E-state index contributed by atoms with van der Waals surface area (Å²) in [6, 6.07) is 7.67. The molecule has 156 valence electrons. The summed E-state index contributed by atoms with van der Waals surface area (Å²) < 4.78 is 9.94. The molecule has 29 heavy (non-hydrogen) atoms. The van der Waals surface area contributed by atoms with Gasteiger partial charge in [-0.15, -0.1) is 0 Å². The van der Waals surface area contributed by atoms with Crippen molar-refractivity contribution in [3.05, 3.63) is 41.7 Å². The largest absolute Gasteiger partial charge is 0.504 e. The molecule has 1 unspecified atom stereocenters. The van der Waals surface area contributed by atoms with Gasteiger partial charge in [0, 0.05) is 31.1 Å². The summed E-state index contributed by atoms with van der Waals surface area (Å²) in [5.74, 6) is -0.843. The number of carbonyl (C=O) groups is 3. The highest BCUT2D eigenvalue weighted by atomic mass is 16.5. The van der Waals surface area contributed by atoms with Crippen LogP contribution in [-0.2, 0) is 23.9 Å². The van der Waals surface area contributed by atoms with Gasteiger partial charge < -0.3 is 19.7 Å². The number of likely N-dealkylation sites (tertiary alicyclic amines) is 1. The Morgan fingerprint density at radius 2 is 2.03 bits per heavy atom. The minimum atomic E-state index is -0.462. The lowest BCUT2D eigenvalue weighted by molar-refractivity contribution is -0.140. The molecule has 2 aliphatic heterocycles. The highest BCUT2D eigenvalue weighted by molar-refractivity contribution is 6.02. The Labute approximate surface area is 171 Å². The van der Waals surface area contributed by atoms with Crippen molar-refractivity contribution >= 4 is 23.5 Å². The molecular formula is C22H28N2O5. The predicted octanol–water partition coefficient (Wildman–Crippen LogP) is 2.69. The standard InChI is InChI=1S/C22H28N2O5/c1-4-14-12-24(20(25)11-17(14)18(13-28-2)22(27)29-3)10-9-16-15-7-5-6-8-19(15)23-21(16)26/h5-8,13-14,16-17H,4,9-12H2,1-3H3,(H,23,26)/b18-13+/t14-,16?,17-/m0/s1. The van der Waals surface area contributed by atoms with Crippen LogP contribution in [-0.4, -0.2) is 50.0 Å². The number of benzene rings is 1. The molecule has 1 aromatic carbocycles. The number of rotatable bonds is 7. The number of carbonyl (C=O) groups excluding carboxylic acids is 3. The number of para-hydroxylation sites is 1. The number of hydrogen-bond acceptors (Lipinski definition) is 5. The van der Waals surface area contributed by atoms with Gasteiger partial charge in [-0.05, 0) is 24.0 Å². The van der Waals surface area contributed by atoms with Crippen molar-refractivity contribution in [1.29, 1.82) is 0 Å². The lowest BCUT2D eigenvalue weighted by Gasteiger charge is -2.38. The van der Waals surface area contributed by atoms with Crippen LogP contribution in [0.4, 0.5) is 5.69 Å². The maximum atomic E-state index is 12.8. The molecule has 2 amide bonds. The number of anilines is 1. The van der Waals surface area contributed by atoms with Gasteiger partial charge in [0.05, 0.1) is 32.0 Å². The predicted molar refractivity (Wildman–Crippen MR) is 108 cm³/mol. The first kappa shape index (κ1) is 20.9. The minimum absolute atomic E-state index is 0.0164. The Balaban J connectivity index is 1.69. The van der Waals surface area contributed by atoms with Gasteiger partial charge in [-0.3, -0.25) is 9.59 Å². The number of piperidine rings is 1. The van der Waals surface area contributed by atoms with Crippen LogP contribution in [0.3, 0.4) is 0 Å². The van der Waals surface area contributed by atoms with Crippen LogP contribution in [0.15, 0.2) is 36.1 Å². The van der Waals surface area contributed by atoms with Crippen molar-refractivity contribution in [3.63, 3.8) is 0 Å². The summed E-state index contributed by atoms with van der Waals surface area (Å²) in [7, 11) is 2.81. The molecule has 0 aromatic heterocycles. The highest BCUT2D eigenvalue weighted by Crippen LogP contribution is 2.36. The number of nitrogens with one attached hydrogen (secondary N) is 1. The van der Waals surface area contributed by atoms with Crippen LogP contribution in [0.5, 0.6) is 0 Å². The quantitative estimate of drug-likeness (QED) is 0.432. The molecule has 0 saturated carbocycles. The van der Waals surface area contributed by atoms with Crippen molar-refractivity contribution < 1.29 is 23.9 Å². The average Bonchev–Trinajstić information content (AvgIpc) is 3.05. The van der Waals surface area contributed by atoms with Crippen LogP contribution in [0, 0.1) is 11.8 Å². The van der Waals surface area contributed by atoms with Crippen LogP contribution in [0.2, 0.25) is 0 Å². The molecule has 7 nitrogen and oxygen atoms in total. The third-order valence-electron chi connectivity index (χ3n) is 5.96. The van der Waals surface area contributed by atoms with Gasteiger partial charge in [-0.2, -0.15) is 0 Å². The number of hydrogen-bond donors (Lipinski definition) is 1. The van der Waals surface area contributed by atoms with Gasteiger partial charge in [-0.25, -0.2) is 4.79 Å². The monoisotopic (exact) mass is 400 g/mol. The smallest absolute Gasteiger partial charge is 0.337 e. The van der Waals surface area contributed by atoms with E-state index in [1.165, 1.54) is 20.5 Å². The van der Waals surface area contributed by atoms with Crippen LogP contribution >= 0.6 is 0 Å². The first-order valence-corrected chi connectivity index (χ1v) is 9.98. The van der Waals surface area contributed by atoms with Crippen molar-refractivity contribution in [2.24, 2.45) is 11.8 Å². The van der Waals surface area contributed by atoms with Crippen molar-refractivity contribution in [2.45, 2.75) is 32.1 Å². The zero-order valence-electron chi connectivity index (χ0n) is 17.1. The summed E-state index contributed by atoms with van der Waals surface area (Å²) in [6.45, 7) is 3.11. The second kappa shape index (κ2) is 9.11. The summed E-state index contributed by atoms with van der Waals surface area (Å²) in [5.41, 5.74) is 2.24. The average molecular weight is 400 g/mol. The van der Waals surface area contributed by atoms with Gasteiger partial charge >= 0.3 is 5.97 Å². The Morgan fingerprint density at radius 3 is 2.72 bits per heavy atom. The molecule has 0 bridgehead atoms. The van der Waals surface area contributed by atoms with E-state index in [1.54, 1.807) is 0 Å². The molecule has 0 radical (unpaired) electrons. The third-order valence-corrected chi connectivity index (χ3v) is 5.96. The van der Waals surface area contributed by atoms with E-state index >= 15 is 0 Å². The molecule has 2 heterocycles.